The zero-order valence-corrected chi connectivity index (χ0v) is 14.0. The first-order valence-corrected chi connectivity index (χ1v) is 7.79. The van der Waals surface area contributed by atoms with E-state index < -0.39 is 4.92 Å². The van der Waals surface area contributed by atoms with Crippen molar-refractivity contribution in [1.82, 2.24) is 5.32 Å². The van der Waals surface area contributed by atoms with Gasteiger partial charge in [0.25, 0.3) is 5.69 Å². The SMILES string of the molecule is C[C@H](CNC(=S)Nc1cc([N+](=O)[O-])ccc1Cl)c1ccccc1. The molecule has 0 saturated carbocycles. The summed E-state index contributed by atoms with van der Waals surface area (Å²) in [6.45, 7) is 2.73. The maximum Gasteiger partial charge on any atom is 0.271 e. The van der Waals surface area contributed by atoms with E-state index >= 15 is 0 Å². The number of anilines is 1. The molecule has 2 N–H and O–H groups in total. The van der Waals surface area contributed by atoms with Crippen LogP contribution in [0.5, 0.6) is 0 Å². The molecule has 2 rings (SSSR count). The van der Waals surface area contributed by atoms with Crippen molar-refractivity contribution in [2.75, 3.05) is 11.9 Å². The Labute approximate surface area is 144 Å². The number of hydrogen-bond donors (Lipinski definition) is 2. The first kappa shape index (κ1) is 17.2. The molecule has 0 unspecified atom stereocenters. The van der Waals surface area contributed by atoms with Gasteiger partial charge < -0.3 is 10.6 Å². The average molecular weight is 350 g/mol. The molecule has 2 aromatic rings. The summed E-state index contributed by atoms with van der Waals surface area (Å²) in [6.07, 6.45) is 0. The van der Waals surface area contributed by atoms with E-state index in [1.54, 1.807) is 0 Å². The second-order valence-electron chi connectivity index (χ2n) is 5.07. The fourth-order valence-corrected chi connectivity index (χ4v) is 2.39. The van der Waals surface area contributed by atoms with Gasteiger partial charge >= 0.3 is 0 Å². The van der Waals surface area contributed by atoms with Gasteiger partial charge in [-0.05, 0) is 29.8 Å². The number of thiocarbonyl (C=S) groups is 1. The molecule has 2 aromatic carbocycles. The van der Waals surface area contributed by atoms with Crippen LogP contribution in [0.4, 0.5) is 11.4 Å². The zero-order chi connectivity index (χ0) is 16.8. The van der Waals surface area contributed by atoms with Crippen LogP contribution in [0.15, 0.2) is 48.5 Å². The van der Waals surface area contributed by atoms with Crippen LogP contribution >= 0.6 is 23.8 Å². The van der Waals surface area contributed by atoms with Crippen LogP contribution in [0.1, 0.15) is 18.4 Å². The fraction of sp³-hybridized carbons (Fsp3) is 0.188. The standard InChI is InChI=1S/C16H16ClN3O2S/c1-11(12-5-3-2-4-6-12)10-18-16(23)19-15-9-13(20(21)22)7-8-14(15)17/h2-9,11H,10H2,1H3,(H2,18,19,23)/t11-/m1/s1. The quantitative estimate of drug-likeness (QED) is 0.477. The first-order chi connectivity index (χ1) is 11.0. The maximum absolute atomic E-state index is 10.8. The molecule has 0 saturated heterocycles. The molecule has 1 atom stereocenters. The molecule has 120 valence electrons. The molecule has 0 aliphatic heterocycles. The van der Waals surface area contributed by atoms with Gasteiger partial charge in [-0.15, -0.1) is 0 Å². The number of halogens is 1. The summed E-state index contributed by atoms with van der Waals surface area (Å²) in [4.78, 5) is 10.3. The van der Waals surface area contributed by atoms with Crippen LogP contribution in [-0.4, -0.2) is 16.6 Å². The van der Waals surface area contributed by atoms with E-state index in [1.807, 2.05) is 18.2 Å². The van der Waals surface area contributed by atoms with Gasteiger partial charge in [-0.25, -0.2) is 0 Å². The highest BCUT2D eigenvalue weighted by Crippen LogP contribution is 2.26. The lowest BCUT2D eigenvalue weighted by molar-refractivity contribution is -0.384. The Balaban J connectivity index is 1.95. The summed E-state index contributed by atoms with van der Waals surface area (Å²) in [6, 6.07) is 14.2. The monoisotopic (exact) mass is 349 g/mol. The van der Waals surface area contributed by atoms with Gasteiger partial charge in [-0.2, -0.15) is 0 Å². The molecule has 0 spiro atoms. The van der Waals surface area contributed by atoms with Crippen molar-refractivity contribution in [3.05, 3.63) is 69.2 Å². The summed E-state index contributed by atoms with van der Waals surface area (Å²) in [5, 5.41) is 17.5. The third-order valence-corrected chi connectivity index (χ3v) is 3.92. The molecule has 0 aromatic heterocycles. The van der Waals surface area contributed by atoms with E-state index in [0.717, 1.165) is 0 Å². The molecule has 0 heterocycles. The van der Waals surface area contributed by atoms with Crippen molar-refractivity contribution in [3.63, 3.8) is 0 Å². The molecule has 0 aliphatic rings. The van der Waals surface area contributed by atoms with E-state index in [2.05, 4.69) is 29.7 Å². The van der Waals surface area contributed by atoms with Crippen LogP contribution in [0.3, 0.4) is 0 Å². The Bertz CT molecular complexity index is 710. The number of benzene rings is 2. The summed E-state index contributed by atoms with van der Waals surface area (Å²) >= 11 is 11.3. The summed E-state index contributed by atoms with van der Waals surface area (Å²) < 4.78 is 0. The van der Waals surface area contributed by atoms with Crippen molar-refractivity contribution >= 4 is 40.3 Å². The van der Waals surface area contributed by atoms with Gasteiger partial charge in [0, 0.05) is 18.7 Å². The van der Waals surface area contributed by atoms with E-state index in [9.17, 15) is 10.1 Å². The van der Waals surface area contributed by atoms with Crippen LogP contribution in [0.2, 0.25) is 5.02 Å². The van der Waals surface area contributed by atoms with E-state index in [1.165, 1.54) is 23.8 Å². The number of nitrogens with zero attached hydrogens (tertiary/aromatic N) is 1. The van der Waals surface area contributed by atoms with Crippen LogP contribution < -0.4 is 10.6 Å². The highest BCUT2D eigenvalue weighted by Gasteiger charge is 2.11. The molecule has 0 radical (unpaired) electrons. The van der Waals surface area contributed by atoms with Gasteiger partial charge in [0.2, 0.25) is 0 Å². The maximum atomic E-state index is 10.8. The fourth-order valence-electron chi connectivity index (χ4n) is 2.03. The van der Waals surface area contributed by atoms with Crippen LogP contribution in [0.25, 0.3) is 0 Å². The number of nitrogens with one attached hydrogen (secondary N) is 2. The van der Waals surface area contributed by atoms with E-state index in [-0.39, 0.29) is 11.6 Å². The van der Waals surface area contributed by atoms with Crippen molar-refractivity contribution in [2.45, 2.75) is 12.8 Å². The van der Waals surface area contributed by atoms with Gasteiger partial charge in [0.1, 0.15) is 0 Å². The molecule has 7 heteroatoms. The Morgan fingerprint density at radius 2 is 2.00 bits per heavy atom. The number of non-ortho nitro benzene ring substituents is 1. The Morgan fingerprint density at radius 1 is 1.30 bits per heavy atom. The highest BCUT2D eigenvalue weighted by atomic mass is 35.5. The first-order valence-electron chi connectivity index (χ1n) is 7.01. The number of hydrogen-bond acceptors (Lipinski definition) is 3. The Hall–Kier alpha value is -2.18. The van der Waals surface area contributed by atoms with Gasteiger partial charge in [-0.1, -0.05) is 48.9 Å². The molecule has 0 aliphatic carbocycles. The lowest BCUT2D eigenvalue weighted by Crippen LogP contribution is -2.31. The minimum Gasteiger partial charge on any atom is -0.362 e. The van der Waals surface area contributed by atoms with Crippen molar-refractivity contribution in [1.29, 1.82) is 0 Å². The molecule has 0 fully saturated rings. The zero-order valence-electron chi connectivity index (χ0n) is 12.5. The molecule has 5 nitrogen and oxygen atoms in total. The Morgan fingerprint density at radius 3 is 2.65 bits per heavy atom. The lowest BCUT2D eigenvalue weighted by Gasteiger charge is -2.16. The van der Waals surface area contributed by atoms with Crippen molar-refractivity contribution in [3.8, 4) is 0 Å². The van der Waals surface area contributed by atoms with Crippen molar-refractivity contribution in [2.24, 2.45) is 0 Å². The number of rotatable bonds is 5. The molecule has 23 heavy (non-hydrogen) atoms. The topological polar surface area (TPSA) is 67.2 Å². The van der Waals surface area contributed by atoms with Crippen molar-refractivity contribution < 1.29 is 4.92 Å². The van der Waals surface area contributed by atoms with E-state index in [4.69, 9.17) is 23.8 Å². The molecular formula is C16H16ClN3O2S. The van der Waals surface area contributed by atoms with E-state index in [0.29, 0.717) is 22.4 Å². The predicted molar refractivity (Wildman–Crippen MR) is 97.2 cm³/mol. The minimum absolute atomic E-state index is 0.0441. The second kappa shape index (κ2) is 7.89. The van der Waals surface area contributed by atoms with Crippen LogP contribution in [0, 0.1) is 10.1 Å². The largest absolute Gasteiger partial charge is 0.362 e. The average Bonchev–Trinajstić information content (AvgIpc) is 2.55. The third-order valence-electron chi connectivity index (χ3n) is 3.35. The number of nitro groups is 1. The molecule has 0 amide bonds. The minimum atomic E-state index is -0.477. The second-order valence-corrected chi connectivity index (χ2v) is 5.88. The molecule has 0 bridgehead atoms. The molecular weight excluding hydrogens is 334 g/mol. The lowest BCUT2D eigenvalue weighted by atomic mass is 10.0. The summed E-state index contributed by atoms with van der Waals surface area (Å²) in [5.41, 5.74) is 1.57. The highest BCUT2D eigenvalue weighted by molar-refractivity contribution is 7.80. The predicted octanol–water partition coefficient (Wildman–Crippen LogP) is 4.34. The van der Waals surface area contributed by atoms with Gasteiger partial charge in [0.15, 0.2) is 5.11 Å². The van der Waals surface area contributed by atoms with Gasteiger partial charge in [-0.3, -0.25) is 10.1 Å². The Kier molecular flexibility index (Phi) is 5.90. The normalized spacial score (nSPS) is 11.6. The summed E-state index contributed by atoms with van der Waals surface area (Å²) in [5.74, 6) is 0.275. The smallest absolute Gasteiger partial charge is 0.271 e. The number of nitro benzene ring substituents is 1. The summed E-state index contributed by atoms with van der Waals surface area (Å²) in [7, 11) is 0. The van der Waals surface area contributed by atoms with Gasteiger partial charge in [0.05, 0.1) is 15.6 Å². The third kappa shape index (κ3) is 4.91. The van der Waals surface area contributed by atoms with Crippen LogP contribution in [-0.2, 0) is 0 Å².